The smallest absolute Gasteiger partial charge is 0.0190 e. The van der Waals surface area contributed by atoms with Crippen LogP contribution >= 0.6 is 0 Å². The molecule has 2 nitrogen and oxygen atoms in total. The monoisotopic (exact) mass is 128 g/mol. The van der Waals surface area contributed by atoms with Gasteiger partial charge >= 0.3 is 0 Å². The van der Waals surface area contributed by atoms with E-state index in [9.17, 15) is 0 Å². The van der Waals surface area contributed by atoms with Crippen molar-refractivity contribution in [3.63, 3.8) is 0 Å². The van der Waals surface area contributed by atoms with E-state index in [0.29, 0.717) is 12.1 Å². The molecule has 9 heavy (non-hydrogen) atoms. The summed E-state index contributed by atoms with van der Waals surface area (Å²) in [7, 11) is 0. The minimum atomic E-state index is 0.660. The zero-order valence-corrected chi connectivity index (χ0v) is 6.28. The molecule has 1 aliphatic rings. The van der Waals surface area contributed by atoms with Crippen molar-refractivity contribution in [1.82, 2.24) is 10.6 Å². The second kappa shape index (κ2) is 3.18. The zero-order chi connectivity index (χ0) is 6.69. The first-order valence-electron chi connectivity index (χ1n) is 3.79. The van der Waals surface area contributed by atoms with Crippen LogP contribution in [0.4, 0.5) is 0 Å². The van der Waals surface area contributed by atoms with Crippen molar-refractivity contribution in [3.8, 4) is 0 Å². The second-order valence-corrected chi connectivity index (χ2v) is 2.82. The Morgan fingerprint density at radius 1 is 1.33 bits per heavy atom. The predicted molar refractivity (Wildman–Crippen MR) is 39.5 cm³/mol. The van der Waals surface area contributed by atoms with E-state index in [1.54, 1.807) is 0 Å². The number of hydrogen-bond acceptors (Lipinski definition) is 2. The molecule has 0 spiro atoms. The molecule has 1 fully saturated rings. The molecule has 54 valence electrons. The van der Waals surface area contributed by atoms with Gasteiger partial charge in [-0.1, -0.05) is 6.92 Å². The van der Waals surface area contributed by atoms with Crippen molar-refractivity contribution in [1.29, 1.82) is 0 Å². The van der Waals surface area contributed by atoms with Crippen molar-refractivity contribution in [2.45, 2.75) is 32.4 Å². The van der Waals surface area contributed by atoms with Gasteiger partial charge in [0.1, 0.15) is 0 Å². The van der Waals surface area contributed by atoms with E-state index in [-0.39, 0.29) is 0 Å². The Hall–Kier alpha value is -0.0800. The van der Waals surface area contributed by atoms with Crippen LogP contribution in [-0.2, 0) is 0 Å². The summed E-state index contributed by atoms with van der Waals surface area (Å²) in [6.45, 7) is 6.68. The van der Waals surface area contributed by atoms with Gasteiger partial charge in [0.05, 0.1) is 0 Å². The summed E-state index contributed by atoms with van der Waals surface area (Å²) < 4.78 is 0. The van der Waals surface area contributed by atoms with Crippen molar-refractivity contribution in [3.05, 3.63) is 0 Å². The summed E-state index contributed by atoms with van der Waals surface area (Å²) in [6.07, 6.45) is 1.24. The van der Waals surface area contributed by atoms with Gasteiger partial charge in [0.15, 0.2) is 0 Å². The van der Waals surface area contributed by atoms with E-state index < -0.39 is 0 Å². The molecule has 0 aromatic carbocycles. The summed E-state index contributed by atoms with van der Waals surface area (Å²) in [5.41, 5.74) is 0. The molecule has 2 atom stereocenters. The van der Waals surface area contributed by atoms with Gasteiger partial charge in [-0.25, -0.2) is 0 Å². The summed E-state index contributed by atoms with van der Waals surface area (Å²) in [5.74, 6) is 0. The fourth-order valence-electron chi connectivity index (χ4n) is 1.12. The first-order valence-corrected chi connectivity index (χ1v) is 3.79. The average molecular weight is 128 g/mol. The maximum Gasteiger partial charge on any atom is 0.0190 e. The molecule has 0 aliphatic carbocycles. The Balaban J connectivity index is 2.18. The highest BCUT2D eigenvalue weighted by molar-refractivity contribution is 4.78. The SMILES string of the molecule is CC[C@@H]1CN[C@H](C)CN1. The van der Waals surface area contributed by atoms with E-state index in [1.807, 2.05) is 0 Å². The summed E-state index contributed by atoms with van der Waals surface area (Å²) in [6, 6.07) is 1.37. The molecule has 0 aromatic rings. The highest BCUT2D eigenvalue weighted by atomic mass is 15.1. The van der Waals surface area contributed by atoms with Gasteiger partial charge in [-0.05, 0) is 13.3 Å². The van der Waals surface area contributed by atoms with Gasteiger partial charge in [0, 0.05) is 25.2 Å². The number of rotatable bonds is 1. The van der Waals surface area contributed by atoms with Crippen molar-refractivity contribution in [2.24, 2.45) is 0 Å². The van der Waals surface area contributed by atoms with Gasteiger partial charge in [-0.15, -0.1) is 0 Å². The third-order valence-electron chi connectivity index (χ3n) is 1.92. The Kier molecular flexibility index (Phi) is 2.49. The summed E-state index contributed by atoms with van der Waals surface area (Å²) in [4.78, 5) is 0. The van der Waals surface area contributed by atoms with Crippen LogP contribution in [0.25, 0.3) is 0 Å². The molecule has 2 heteroatoms. The molecule has 0 bridgehead atoms. The van der Waals surface area contributed by atoms with Crippen molar-refractivity contribution >= 4 is 0 Å². The van der Waals surface area contributed by atoms with Gasteiger partial charge in [0.25, 0.3) is 0 Å². The first-order chi connectivity index (χ1) is 4.33. The highest BCUT2D eigenvalue weighted by Crippen LogP contribution is 1.95. The number of hydrogen-bond donors (Lipinski definition) is 2. The molecule has 0 amide bonds. The molecular weight excluding hydrogens is 112 g/mol. The quantitative estimate of drug-likeness (QED) is 0.532. The minimum Gasteiger partial charge on any atom is -0.311 e. The molecule has 0 aromatic heterocycles. The first kappa shape index (κ1) is 7.03. The summed E-state index contributed by atoms with van der Waals surface area (Å²) >= 11 is 0. The van der Waals surface area contributed by atoms with E-state index in [1.165, 1.54) is 6.42 Å². The van der Waals surface area contributed by atoms with Crippen molar-refractivity contribution in [2.75, 3.05) is 13.1 Å². The van der Waals surface area contributed by atoms with Crippen molar-refractivity contribution < 1.29 is 0 Å². The Morgan fingerprint density at radius 3 is 2.56 bits per heavy atom. The number of nitrogens with one attached hydrogen (secondary N) is 2. The molecule has 0 radical (unpaired) electrons. The van der Waals surface area contributed by atoms with E-state index in [0.717, 1.165) is 13.1 Å². The fraction of sp³-hybridized carbons (Fsp3) is 1.00. The lowest BCUT2D eigenvalue weighted by atomic mass is 10.1. The van der Waals surface area contributed by atoms with Crippen LogP contribution in [-0.4, -0.2) is 25.2 Å². The molecule has 1 heterocycles. The topological polar surface area (TPSA) is 24.1 Å². The fourth-order valence-corrected chi connectivity index (χ4v) is 1.12. The molecule has 1 aliphatic heterocycles. The van der Waals surface area contributed by atoms with Gasteiger partial charge < -0.3 is 10.6 Å². The predicted octanol–water partition coefficient (Wildman–Crippen LogP) is 0.346. The standard InChI is InChI=1S/C7H16N2/c1-3-7-5-8-6(2)4-9-7/h6-9H,3-5H2,1-2H3/t6-,7-/m1/s1. The van der Waals surface area contributed by atoms with Crippen LogP contribution in [0, 0.1) is 0 Å². The van der Waals surface area contributed by atoms with Crippen LogP contribution in [0.5, 0.6) is 0 Å². The van der Waals surface area contributed by atoms with Gasteiger partial charge in [-0.2, -0.15) is 0 Å². The minimum absolute atomic E-state index is 0.660. The largest absolute Gasteiger partial charge is 0.311 e. The van der Waals surface area contributed by atoms with Crippen LogP contribution in [0.1, 0.15) is 20.3 Å². The third kappa shape index (κ3) is 1.95. The Labute approximate surface area is 57.0 Å². The second-order valence-electron chi connectivity index (χ2n) is 2.82. The lowest BCUT2D eigenvalue weighted by Crippen LogP contribution is -2.52. The molecule has 1 rings (SSSR count). The molecule has 1 saturated heterocycles. The Bertz CT molecular complexity index is 75.0. The van der Waals surface area contributed by atoms with E-state index >= 15 is 0 Å². The molecular formula is C7H16N2. The molecule has 0 saturated carbocycles. The molecule has 0 unspecified atom stereocenters. The number of piperazine rings is 1. The maximum absolute atomic E-state index is 3.46. The Morgan fingerprint density at radius 2 is 2.11 bits per heavy atom. The highest BCUT2D eigenvalue weighted by Gasteiger charge is 2.13. The molecule has 2 N–H and O–H groups in total. The summed E-state index contributed by atoms with van der Waals surface area (Å²) in [5, 5.41) is 6.88. The lowest BCUT2D eigenvalue weighted by molar-refractivity contribution is 0.354. The van der Waals surface area contributed by atoms with E-state index in [2.05, 4.69) is 24.5 Å². The van der Waals surface area contributed by atoms with Crippen LogP contribution in [0.2, 0.25) is 0 Å². The lowest BCUT2D eigenvalue weighted by Gasteiger charge is -2.28. The maximum atomic E-state index is 3.46. The van der Waals surface area contributed by atoms with Crippen LogP contribution in [0.15, 0.2) is 0 Å². The van der Waals surface area contributed by atoms with E-state index in [4.69, 9.17) is 0 Å². The zero-order valence-electron chi connectivity index (χ0n) is 6.28. The van der Waals surface area contributed by atoms with Crippen LogP contribution in [0.3, 0.4) is 0 Å². The normalized spacial score (nSPS) is 36.7. The third-order valence-corrected chi connectivity index (χ3v) is 1.92. The average Bonchev–Trinajstić information content (AvgIpc) is 1.90. The van der Waals surface area contributed by atoms with Gasteiger partial charge in [-0.3, -0.25) is 0 Å². The van der Waals surface area contributed by atoms with Crippen LogP contribution < -0.4 is 10.6 Å². The van der Waals surface area contributed by atoms with Gasteiger partial charge in [0.2, 0.25) is 0 Å².